The van der Waals surface area contributed by atoms with Gasteiger partial charge in [-0.15, -0.1) is 11.3 Å². The highest BCUT2D eigenvalue weighted by molar-refractivity contribution is 7.17. The van der Waals surface area contributed by atoms with Crippen molar-refractivity contribution in [2.75, 3.05) is 0 Å². The molecule has 0 aliphatic carbocycles. The van der Waals surface area contributed by atoms with E-state index < -0.39 is 23.4 Å². The van der Waals surface area contributed by atoms with E-state index >= 15 is 0 Å². The Labute approximate surface area is 154 Å². The van der Waals surface area contributed by atoms with Gasteiger partial charge in [-0.1, -0.05) is 13.8 Å². The molecular formula is C17H19N5O3S. The van der Waals surface area contributed by atoms with E-state index in [1.165, 1.54) is 11.3 Å². The first-order valence-corrected chi connectivity index (χ1v) is 9.09. The van der Waals surface area contributed by atoms with Gasteiger partial charge in [-0.05, 0) is 31.9 Å². The number of thiazole rings is 1. The Kier molecular flexibility index (Phi) is 4.73. The highest BCUT2D eigenvalue weighted by Crippen LogP contribution is 2.28. The van der Waals surface area contributed by atoms with Crippen LogP contribution in [-0.2, 0) is 4.79 Å². The molecule has 2 aromatic heterocycles. The summed E-state index contributed by atoms with van der Waals surface area (Å²) in [5.41, 5.74) is 2.77. The minimum absolute atomic E-state index is 0.343. The maximum atomic E-state index is 12.6. The Morgan fingerprint density at radius 1 is 1.35 bits per heavy atom. The predicted molar refractivity (Wildman–Crippen MR) is 96.2 cm³/mol. The highest BCUT2D eigenvalue weighted by atomic mass is 32.1. The SMILES string of the molecule is CCC1(CC)NC(=O)N(NC(=O)c2sc(-c3cccnc3)nc2C)C1=O. The van der Waals surface area contributed by atoms with E-state index in [0.717, 1.165) is 10.6 Å². The van der Waals surface area contributed by atoms with Gasteiger partial charge >= 0.3 is 6.03 Å². The van der Waals surface area contributed by atoms with E-state index in [1.807, 2.05) is 19.9 Å². The summed E-state index contributed by atoms with van der Waals surface area (Å²) in [4.78, 5) is 46.1. The molecule has 0 unspecified atom stereocenters. The molecule has 9 heteroatoms. The second kappa shape index (κ2) is 6.83. The Balaban J connectivity index is 1.82. The number of nitrogens with zero attached hydrogens (tertiary/aromatic N) is 3. The number of hydrogen-bond donors (Lipinski definition) is 2. The first-order chi connectivity index (χ1) is 12.4. The summed E-state index contributed by atoms with van der Waals surface area (Å²) >= 11 is 1.19. The number of carbonyl (C=O) groups is 3. The molecule has 136 valence electrons. The molecule has 1 aliphatic rings. The van der Waals surface area contributed by atoms with Gasteiger partial charge in [0.05, 0.1) is 5.69 Å². The number of imide groups is 1. The van der Waals surface area contributed by atoms with Crippen molar-refractivity contribution in [2.24, 2.45) is 0 Å². The Morgan fingerprint density at radius 3 is 2.65 bits per heavy atom. The van der Waals surface area contributed by atoms with Crippen LogP contribution in [0.1, 0.15) is 42.1 Å². The van der Waals surface area contributed by atoms with Crippen molar-refractivity contribution in [3.63, 3.8) is 0 Å². The van der Waals surface area contributed by atoms with Crippen molar-refractivity contribution in [1.29, 1.82) is 0 Å². The number of hydrogen-bond acceptors (Lipinski definition) is 6. The molecule has 2 N–H and O–H groups in total. The van der Waals surface area contributed by atoms with E-state index in [4.69, 9.17) is 0 Å². The van der Waals surface area contributed by atoms with Crippen molar-refractivity contribution < 1.29 is 14.4 Å². The molecule has 1 fully saturated rings. The lowest BCUT2D eigenvalue weighted by Gasteiger charge is -2.22. The van der Waals surface area contributed by atoms with Crippen LogP contribution in [0.5, 0.6) is 0 Å². The fraction of sp³-hybridized carbons (Fsp3) is 0.353. The number of amides is 4. The average molecular weight is 373 g/mol. The fourth-order valence-corrected chi connectivity index (χ4v) is 3.77. The number of rotatable bonds is 5. The molecular weight excluding hydrogens is 354 g/mol. The van der Waals surface area contributed by atoms with E-state index in [1.54, 1.807) is 25.4 Å². The first kappa shape index (κ1) is 18.0. The average Bonchev–Trinajstić information content (AvgIpc) is 3.15. The summed E-state index contributed by atoms with van der Waals surface area (Å²) in [7, 11) is 0. The van der Waals surface area contributed by atoms with Crippen molar-refractivity contribution >= 4 is 29.2 Å². The van der Waals surface area contributed by atoms with Crippen molar-refractivity contribution in [1.82, 2.24) is 25.7 Å². The lowest BCUT2D eigenvalue weighted by atomic mass is 9.93. The third kappa shape index (κ3) is 2.94. The minimum Gasteiger partial charge on any atom is -0.322 e. The lowest BCUT2D eigenvalue weighted by Crippen LogP contribution is -2.49. The highest BCUT2D eigenvalue weighted by Gasteiger charge is 2.49. The Morgan fingerprint density at radius 2 is 2.08 bits per heavy atom. The van der Waals surface area contributed by atoms with Gasteiger partial charge in [0.1, 0.15) is 15.4 Å². The number of urea groups is 1. The molecule has 0 atom stereocenters. The number of hydrazine groups is 1. The van der Waals surface area contributed by atoms with Crippen LogP contribution in [0.15, 0.2) is 24.5 Å². The lowest BCUT2D eigenvalue weighted by molar-refractivity contribution is -0.133. The third-order valence-corrected chi connectivity index (χ3v) is 5.70. The van der Waals surface area contributed by atoms with E-state index in [0.29, 0.717) is 28.4 Å². The molecule has 0 saturated carbocycles. The van der Waals surface area contributed by atoms with Gasteiger partial charge in [-0.25, -0.2) is 9.78 Å². The summed E-state index contributed by atoms with van der Waals surface area (Å²) in [6, 6.07) is 3.01. The zero-order valence-corrected chi connectivity index (χ0v) is 15.5. The molecule has 3 rings (SSSR count). The quantitative estimate of drug-likeness (QED) is 0.783. The van der Waals surface area contributed by atoms with Crippen LogP contribution < -0.4 is 10.7 Å². The fourth-order valence-electron chi connectivity index (χ4n) is 2.82. The van der Waals surface area contributed by atoms with Crippen LogP contribution in [0.25, 0.3) is 10.6 Å². The largest absolute Gasteiger partial charge is 0.344 e. The normalized spacial score (nSPS) is 15.9. The van der Waals surface area contributed by atoms with E-state index in [-0.39, 0.29) is 0 Å². The van der Waals surface area contributed by atoms with Gasteiger partial charge in [0.15, 0.2) is 0 Å². The van der Waals surface area contributed by atoms with Gasteiger partial charge in [0, 0.05) is 18.0 Å². The molecule has 1 aliphatic heterocycles. The minimum atomic E-state index is -0.964. The number of pyridine rings is 1. The van der Waals surface area contributed by atoms with Crippen LogP contribution in [0, 0.1) is 6.92 Å². The van der Waals surface area contributed by atoms with Crippen molar-refractivity contribution in [3.8, 4) is 10.6 Å². The zero-order valence-electron chi connectivity index (χ0n) is 14.7. The summed E-state index contributed by atoms with van der Waals surface area (Å²) < 4.78 is 0. The summed E-state index contributed by atoms with van der Waals surface area (Å²) in [6.45, 7) is 5.35. The van der Waals surface area contributed by atoms with E-state index in [2.05, 4.69) is 20.7 Å². The standard InChI is InChI=1S/C17H19N5O3S/c1-4-17(5-2)15(24)22(16(25)20-17)21-13(23)12-10(3)19-14(26-12)11-7-6-8-18-9-11/h6-9H,4-5H2,1-3H3,(H,20,25)(H,21,23). The zero-order chi connectivity index (χ0) is 18.9. The monoisotopic (exact) mass is 373 g/mol. The van der Waals surface area contributed by atoms with Gasteiger partial charge < -0.3 is 5.32 Å². The molecule has 2 aromatic rings. The number of aryl methyl sites for hydroxylation is 1. The number of nitrogens with one attached hydrogen (secondary N) is 2. The number of aromatic nitrogens is 2. The molecule has 3 heterocycles. The van der Waals surface area contributed by atoms with Gasteiger partial charge in [-0.2, -0.15) is 5.01 Å². The topological polar surface area (TPSA) is 104 Å². The van der Waals surface area contributed by atoms with Gasteiger partial charge in [-0.3, -0.25) is 20.0 Å². The molecule has 4 amide bonds. The second-order valence-corrected chi connectivity index (χ2v) is 6.98. The third-order valence-electron chi connectivity index (χ3n) is 4.49. The van der Waals surface area contributed by atoms with Crippen LogP contribution in [0.4, 0.5) is 4.79 Å². The van der Waals surface area contributed by atoms with Gasteiger partial charge in [0.2, 0.25) is 0 Å². The van der Waals surface area contributed by atoms with Crippen LogP contribution in [0.2, 0.25) is 0 Å². The molecule has 1 saturated heterocycles. The molecule has 26 heavy (non-hydrogen) atoms. The molecule has 0 spiro atoms. The first-order valence-electron chi connectivity index (χ1n) is 8.27. The Hall–Kier alpha value is -2.81. The maximum Gasteiger partial charge on any atom is 0.344 e. The maximum absolute atomic E-state index is 12.6. The number of carbonyl (C=O) groups excluding carboxylic acids is 3. The summed E-state index contributed by atoms with van der Waals surface area (Å²) in [5, 5.41) is 4.08. The van der Waals surface area contributed by atoms with E-state index in [9.17, 15) is 14.4 Å². The molecule has 0 bridgehead atoms. The Bertz CT molecular complexity index is 861. The van der Waals surface area contributed by atoms with Crippen LogP contribution >= 0.6 is 11.3 Å². The second-order valence-electron chi connectivity index (χ2n) is 5.98. The van der Waals surface area contributed by atoms with Gasteiger partial charge in [0.25, 0.3) is 11.8 Å². The molecule has 0 aromatic carbocycles. The summed E-state index contributed by atoms with van der Waals surface area (Å²) in [5.74, 6) is -0.989. The molecule has 0 radical (unpaired) electrons. The smallest absolute Gasteiger partial charge is 0.322 e. The summed E-state index contributed by atoms with van der Waals surface area (Å²) in [6.07, 6.45) is 4.22. The van der Waals surface area contributed by atoms with Crippen LogP contribution in [-0.4, -0.2) is 38.4 Å². The van der Waals surface area contributed by atoms with Crippen molar-refractivity contribution in [3.05, 3.63) is 35.1 Å². The van der Waals surface area contributed by atoms with Crippen molar-refractivity contribution in [2.45, 2.75) is 39.2 Å². The van der Waals surface area contributed by atoms with Crippen LogP contribution in [0.3, 0.4) is 0 Å². The predicted octanol–water partition coefficient (Wildman–Crippen LogP) is 2.27. The molecule has 8 nitrogen and oxygen atoms in total.